The highest BCUT2D eigenvalue weighted by Crippen LogP contribution is 2.31. The van der Waals surface area contributed by atoms with E-state index in [9.17, 15) is 4.79 Å². The van der Waals surface area contributed by atoms with Crippen molar-refractivity contribution in [3.05, 3.63) is 34.6 Å². The quantitative estimate of drug-likeness (QED) is 0.943. The summed E-state index contributed by atoms with van der Waals surface area (Å²) in [7, 11) is 0. The van der Waals surface area contributed by atoms with E-state index in [1.54, 1.807) is 12.4 Å². The molecule has 1 amide bonds. The predicted octanol–water partition coefficient (Wildman–Crippen LogP) is 3.00. The Morgan fingerprint density at radius 1 is 1.53 bits per heavy atom. The van der Waals surface area contributed by atoms with E-state index in [4.69, 9.17) is 11.6 Å². The molecule has 6 heteroatoms. The lowest BCUT2D eigenvalue weighted by Crippen LogP contribution is -2.24. The van der Waals surface area contributed by atoms with Crippen molar-refractivity contribution in [3.8, 4) is 10.6 Å². The van der Waals surface area contributed by atoms with E-state index in [1.165, 1.54) is 24.2 Å². The fourth-order valence-corrected chi connectivity index (χ4v) is 2.89. The number of hydrogen-bond donors (Lipinski definition) is 1. The molecule has 1 fully saturated rings. The average molecular weight is 294 g/mol. The lowest BCUT2D eigenvalue weighted by atomic mass is 10.3. The first-order chi connectivity index (χ1) is 9.24. The minimum Gasteiger partial charge on any atom is -0.351 e. The largest absolute Gasteiger partial charge is 0.351 e. The number of nitrogens with one attached hydrogen (secondary N) is 1. The highest BCUT2D eigenvalue weighted by molar-refractivity contribution is 7.17. The van der Waals surface area contributed by atoms with Gasteiger partial charge >= 0.3 is 0 Å². The van der Waals surface area contributed by atoms with E-state index in [1.807, 2.05) is 12.1 Å². The van der Waals surface area contributed by atoms with Crippen molar-refractivity contribution in [2.45, 2.75) is 12.8 Å². The van der Waals surface area contributed by atoms with Gasteiger partial charge in [0.05, 0.1) is 0 Å². The second kappa shape index (κ2) is 5.27. The van der Waals surface area contributed by atoms with Crippen LogP contribution in [0.5, 0.6) is 0 Å². The summed E-state index contributed by atoms with van der Waals surface area (Å²) in [6.07, 6.45) is 5.82. The number of aromatic nitrogens is 2. The number of carbonyl (C=O) groups excluding carboxylic acids is 1. The molecule has 1 aliphatic carbocycles. The van der Waals surface area contributed by atoms with Gasteiger partial charge in [0, 0.05) is 24.5 Å². The van der Waals surface area contributed by atoms with Crippen molar-refractivity contribution in [3.63, 3.8) is 0 Å². The first-order valence-corrected chi connectivity index (χ1v) is 7.28. The van der Waals surface area contributed by atoms with Crippen molar-refractivity contribution in [1.29, 1.82) is 0 Å². The molecule has 0 bridgehead atoms. The molecule has 0 saturated heterocycles. The number of carbonyl (C=O) groups is 1. The van der Waals surface area contributed by atoms with Gasteiger partial charge in [0.25, 0.3) is 5.91 Å². The van der Waals surface area contributed by atoms with Gasteiger partial charge in [-0.25, -0.2) is 4.98 Å². The standard InChI is InChI=1S/C13H12ClN3OS/c14-11-10(12(18)16-6-8-3-4-8)19-13(17-11)9-2-1-5-15-7-9/h1-2,5,7-8H,3-4,6H2,(H,16,18). The minimum absolute atomic E-state index is 0.135. The van der Waals surface area contributed by atoms with Crippen molar-refractivity contribution in [1.82, 2.24) is 15.3 Å². The SMILES string of the molecule is O=C(NCC1CC1)c1sc(-c2cccnc2)nc1Cl. The molecule has 0 atom stereocenters. The predicted molar refractivity (Wildman–Crippen MR) is 75.4 cm³/mol. The average Bonchev–Trinajstić information content (AvgIpc) is 3.18. The van der Waals surface area contributed by atoms with Gasteiger partial charge in [-0.05, 0) is 30.9 Å². The van der Waals surface area contributed by atoms with Crippen molar-refractivity contribution >= 4 is 28.8 Å². The molecular weight excluding hydrogens is 282 g/mol. The van der Waals surface area contributed by atoms with Crippen LogP contribution in [0, 0.1) is 5.92 Å². The number of rotatable bonds is 4. The highest BCUT2D eigenvalue weighted by atomic mass is 35.5. The summed E-state index contributed by atoms with van der Waals surface area (Å²) in [5, 5.41) is 3.88. The summed E-state index contributed by atoms with van der Waals surface area (Å²) in [4.78, 5) is 20.7. The van der Waals surface area contributed by atoms with Crippen LogP contribution >= 0.6 is 22.9 Å². The molecule has 0 unspecified atom stereocenters. The van der Waals surface area contributed by atoms with Crippen LogP contribution < -0.4 is 5.32 Å². The van der Waals surface area contributed by atoms with Gasteiger partial charge in [0.15, 0.2) is 5.15 Å². The zero-order valence-electron chi connectivity index (χ0n) is 10.1. The van der Waals surface area contributed by atoms with Crippen LogP contribution in [0.4, 0.5) is 0 Å². The van der Waals surface area contributed by atoms with Crippen LogP contribution in [0.15, 0.2) is 24.5 Å². The normalized spacial score (nSPS) is 14.4. The number of pyridine rings is 1. The summed E-state index contributed by atoms with van der Waals surface area (Å²) in [6.45, 7) is 0.731. The molecule has 19 heavy (non-hydrogen) atoms. The van der Waals surface area contributed by atoms with Crippen molar-refractivity contribution < 1.29 is 4.79 Å². The Kier molecular flexibility index (Phi) is 3.48. The van der Waals surface area contributed by atoms with E-state index >= 15 is 0 Å². The first kappa shape index (κ1) is 12.6. The second-order valence-electron chi connectivity index (χ2n) is 4.53. The van der Waals surface area contributed by atoms with Crippen molar-refractivity contribution in [2.75, 3.05) is 6.54 Å². The summed E-state index contributed by atoms with van der Waals surface area (Å²) in [5.74, 6) is 0.512. The highest BCUT2D eigenvalue weighted by Gasteiger charge is 2.23. The van der Waals surface area contributed by atoms with Crippen LogP contribution in [0.2, 0.25) is 5.15 Å². The maximum absolute atomic E-state index is 12.0. The van der Waals surface area contributed by atoms with Gasteiger partial charge in [-0.1, -0.05) is 11.6 Å². The molecule has 1 N–H and O–H groups in total. The molecule has 2 aromatic rings. The summed E-state index contributed by atoms with van der Waals surface area (Å²) < 4.78 is 0. The third-order valence-corrected chi connectivity index (χ3v) is 4.44. The van der Waals surface area contributed by atoms with Crippen LogP contribution in [0.25, 0.3) is 10.6 Å². The van der Waals surface area contributed by atoms with Gasteiger partial charge in [0.2, 0.25) is 0 Å². The molecule has 1 aliphatic rings. The topological polar surface area (TPSA) is 54.9 Å². The maximum Gasteiger partial charge on any atom is 0.264 e. The van der Waals surface area contributed by atoms with Gasteiger partial charge in [-0.15, -0.1) is 11.3 Å². The zero-order chi connectivity index (χ0) is 13.2. The molecule has 2 heterocycles. The molecule has 98 valence electrons. The third-order valence-electron chi connectivity index (χ3n) is 2.95. The van der Waals surface area contributed by atoms with Crippen molar-refractivity contribution in [2.24, 2.45) is 5.92 Å². The lowest BCUT2D eigenvalue weighted by molar-refractivity contribution is 0.0956. The van der Waals surface area contributed by atoms with E-state index in [2.05, 4.69) is 15.3 Å². The minimum atomic E-state index is -0.135. The van der Waals surface area contributed by atoms with E-state index < -0.39 is 0 Å². The number of amides is 1. The Morgan fingerprint density at radius 2 is 2.37 bits per heavy atom. The Morgan fingerprint density at radius 3 is 3.05 bits per heavy atom. The number of hydrogen-bond acceptors (Lipinski definition) is 4. The fraction of sp³-hybridized carbons (Fsp3) is 0.308. The summed E-state index contributed by atoms with van der Waals surface area (Å²) >= 11 is 7.34. The smallest absolute Gasteiger partial charge is 0.264 e. The van der Waals surface area contributed by atoms with Crippen LogP contribution in [-0.2, 0) is 0 Å². The Balaban J connectivity index is 1.78. The Labute approximate surface area is 119 Å². The molecule has 1 saturated carbocycles. The molecule has 0 aliphatic heterocycles. The van der Waals surface area contributed by atoms with Crippen LogP contribution in [0.3, 0.4) is 0 Å². The number of nitrogens with zero attached hydrogens (tertiary/aromatic N) is 2. The summed E-state index contributed by atoms with van der Waals surface area (Å²) in [6, 6.07) is 3.73. The van der Waals surface area contributed by atoms with Gasteiger partial charge in [0.1, 0.15) is 9.88 Å². The van der Waals surface area contributed by atoms with E-state index in [0.29, 0.717) is 10.8 Å². The Bertz CT molecular complexity index is 595. The molecule has 0 spiro atoms. The Hall–Kier alpha value is -1.46. The lowest BCUT2D eigenvalue weighted by Gasteiger charge is -2.00. The van der Waals surface area contributed by atoms with Crippen LogP contribution in [-0.4, -0.2) is 22.4 Å². The van der Waals surface area contributed by atoms with Gasteiger partial charge in [-0.2, -0.15) is 0 Å². The first-order valence-electron chi connectivity index (χ1n) is 6.09. The summed E-state index contributed by atoms with van der Waals surface area (Å²) in [5.41, 5.74) is 0.871. The van der Waals surface area contributed by atoms with Gasteiger partial charge < -0.3 is 5.32 Å². The molecule has 2 aromatic heterocycles. The van der Waals surface area contributed by atoms with E-state index in [-0.39, 0.29) is 11.1 Å². The van der Waals surface area contributed by atoms with E-state index in [0.717, 1.165) is 17.1 Å². The number of halogens is 1. The molecular formula is C13H12ClN3OS. The molecule has 0 radical (unpaired) electrons. The molecule has 0 aromatic carbocycles. The molecule has 4 nitrogen and oxygen atoms in total. The fourth-order valence-electron chi connectivity index (χ4n) is 1.69. The monoisotopic (exact) mass is 293 g/mol. The van der Waals surface area contributed by atoms with Crippen LogP contribution in [0.1, 0.15) is 22.5 Å². The molecule has 3 rings (SSSR count). The third kappa shape index (κ3) is 2.93. The van der Waals surface area contributed by atoms with Gasteiger partial charge in [-0.3, -0.25) is 9.78 Å². The zero-order valence-corrected chi connectivity index (χ0v) is 11.7. The second-order valence-corrected chi connectivity index (χ2v) is 5.89. The maximum atomic E-state index is 12.0. The number of thiazole rings is 1.